The van der Waals surface area contributed by atoms with Crippen molar-refractivity contribution in [2.24, 2.45) is 5.92 Å². The van der Waals surface area contributed by atoms with Crippen LogP contribution in [0, 0.1) is 5.92 Å². The average Bonchev–Trinajstić information content (AvgIpc) is 3.65. The number of aromatic nitrogens is 7. The molecular formula is C29H30N10O3. The minimum absolute atomic E-state index is 0.000611. The molecule has 7 rings (SSSR count). The van der Waals surface area contributed by atoms with Crippen molar-refractivity contribution in [3.8, 4) is 22.6 Å². The highest BCUT2D eigenvalue weighted by molar-refractivity contribution is 6.05. The number of anilines is 1. The van der Waals surface area contributed by atoms with E-state index in [4.69, 9.17) is 4.74 Å². The molecule has 42 heavy (non-hydrogen) atoms. The summed E-state index contributed by atoms with van der Waals surface area (Å²) in [5, 5.41) is 11.2. The molecule has 5 aromatic rings. The van der Waals surface area contributed by atoms with Crippen molar-refractivity contribution >= 4 is 39.7 Å². The van der Waals surface area contributed by atoms with Gasteiger partial charge in [-0.1, -0.05) is 0 Å². The molecule has 2 amide bonds. The molecule has 0 bridgehead atoms. The number of likely N-dealkylation sites (tertiary alicyclic amines) is 1. The summed E-state index contributed by atoms with van der Waals surface area (Å²) in [6.07, 6.45) is 8.41. The lowest BCUT2D eigenvalue weighted by Gasteiger charge is -2.28. The number of H-pyrrole nitrogens is 2. The second kappa shape index (κ2) is 10.9. The summed E-state index contributed by atoms with van der Waals surface area (Å²) < 4.78 is 5.39. The Balaban J connectivity index is 1.18. The molecule has 2 fully saturated rings. The lowest BCUT2D eigenvalue weighted by atomic mass is 9.96. The zero-order valence-electron chi connectivity index (χ0n) is 23.1. The molecule has 7 heterocycles. The van der Waals surface area contributed by atoms with Crippen molar-refractivity contribution in [3.05, 3.63) is 48.5 Å². The third-order valence-electron chi connectivity index (χ3n) is 8.00. The summed E-state index contributed by atoms with van der Waals surface area (Å²) in [6, 6.07) is 5.57. The van der Waals surface area contributed by atoms with Crippen LogP contribution in [-0.2, 0) is 9.53 Å². The Morgan fingerprint density at radius 3 is 2.64 bits per heavy atom. The number of fused-ring (bicyclic) bond motifs is 2. The Morgan fingerprint density at radius 1 is 1.00 bits per heavy atom. The summed E-state index contributed by atoms with van der Waals surface area (Å²) in [7, 11) is 2.08. The Kier molecular flexibility index (Phi) is 6.80. The van der Waals surface area contributed by atoms with Crippen LogP contribution in [0.5, 0.6) is 0 Å². The van der Waals surface area contributed by atoms with Gasteiger partial charge >= 0.3 is 0 Å². The molecule has 2 aliphatic heterocycles. The van der Waals surface area contributed by atoms with E-state index in [1.807, 2.05) is 12.1 Å². The normalized spacial score (nSPS) is 16.7. The van der Waals surface area contributed by atoms with Crippen LogP contribution in [0.2, 0.25) is 0 Å². The molecule has 0 atom stereocenters. The fourth-order valence-electron chi connectivity index (χ4n) is 5.56. The first-order valence-corrected chi connectivity index (χ1v) is 14.0. The third-order valence-corrected chi connectivity index (χ3v) is 8.00. The predicted octanol–water partition coefficient (Wildman–Crippen LogP) is 2.71. The number of nitrogens with one attached hydrogen (secondary N) is 3. The third kappa shape index (κ3) is 4.97. The van der Waals surface area contributed by atoms with E-state index in [1.165, 1.54) is 0 Å². The summed E-state index contributed by atoms with van der Waals surface area (Å²) in [5.74, 6) is 0.435. The number of rotatable bonds is 5. The van der Waals surface area contributed by atoms with Gasteiger partial charge in [0.2, 0.25) is 5.91 Å². The lowest BCUT2D eigenvalue weighted by molar-refractivity contribution is -0.121. The molecule has 5 aromatic heterocycles. The average molecular weight is 567 g/mol. The van der Waals surface area contributed by atoms with Crippen LogP contribution in [0.25, 0.3) is 44.8 Å². The van der Waals surface area contributed by atoms with Gasteiger partial charge in [0.1, 0.15) is 5.69 Å². The zero-order valence-corrected chi connectivity index (χ0v) is 23.1. The first-order chi connectivity index (χ1) is 20.5. The maximum absolute atomic E-state index is 13.3. The first kappa shape index (κ1) is 26.2. The molecule has 2 saturated heterocycles. The number of ether oxygens (including phenoxy) is 1. The maximum atomic E-state index is 13.3. The van der Waals surface area contributed by atoms with Crippen molar-refractivity contribution in [2.45, 2.75) is 12.8 Å². The number of hydrogen-bond acceptors (Lipinski definition) is 9. The number of imidazole rings is 1. The molecule has 0 aliphatic carbocycles. The van der Waals surface area contributed by atoms with Crippen LogP contribution in [0.15, 0.2) is 43.0 Å². The van der Waals surface area contributed by atoms with E-state index in [9.17, 15) is 9.59 Å². The van der Waals surface area contributed by atoms with Crippen molar-refractivity contribution in [1.29, 1.82) is 0 Å². The van der Waals surface area contributed by atoms with Crippen molar-refractivity contribution in [2.75, 3.05) is 51.8 Å². The van der Waals surface area contributed by atoms with Crippen LogP contribution in [0.1, 0.15) is 23.2 Å². The van der Waals surface area contributed by atoms with Gasteiger partial charge in [-0.25, -0.2) is 15.0 Å². The number of carbonyl (C=O) groups excluding carboxylic acids is 2. The van der Waals surface area contributed by atoms with Gasteiger partial charge in [0.15, 0.2) is 17.1 Å². The van der Waals surface area contributed by atoms with Crippen molar-refractivity contribution in [3.63, 3.8) is 0 Å². The molecule has 0 unspecified atom stereocenters. The van der Waals surface area contributed by atoms with Gasteiger partial charge in [0.25, 0.3) is 5.91 Å². The molecule has 0 aromatic carbocycles. The second-order valence-corrected chi connectivity index (χ2v) is 10.8. The van der Waals surface area contributed by atoms with Gasteiger partial charge in [-0.3, -0.25) is 19.7 Å². The minimum atomic E-state index is -0.0883. The SMILES string of the molecule is CN1CCC(C(=O)Nc2cncc(-c3cnc4n[nH]c(-c5nc6nccc(C(=O)N7CCOCC7)c6[nH]5)c4c3)c2)CC1. The largest absolute Gasteiger partial charge is 0.378 e. The van der Waals surface area contributed by atoms with Crippen LogP contribution in [-0.4, -0.2) is 103 Å². The zero-order chi connectivity index (χ0) is 28.6. The Morgan fingerprint density at radius 2 is 1.81 bits per heavy atom. The fourth-order valence-corrected chi connectivity index (χ4v) is 5.56. The summed E-state index contributed by atoms with van der Waals surface area (Å²) in [4.78, 5) is 51.4. The van der Waals surface area contributed by atoms with E-state index in [1.54, 1.807) is 35.8 Å². The number of hydrogen-bond donors (Lipinski definition) is 3. The van der Waals surface area contributed by atoms with Crippen molar-refractivity contribution < 1.29 is 14.3 Å². The highest BCUT2D eigenvalue weighted by Crippen LogP contribution is 2.30. The first-order valence-electron chi connectivity index (χ1n) is 14.0. The summed E-state index contributed by atoms with van der Waals surface area (Å²) >= 11 is 0. The number of aromatic amines is 2. The Bertz CT molecular complexity index is 1780. The number of morpholine rings is 1. The minimum Gasteiger partial charge on any atom is -0.378 e. The number of piperidine rings is 1. The number of nitrogens with zero attached hydrogens (tertiary/aromatic N) is 7. The fraction of sp³-hybridized carbons (Fsp3) is 0.345. The highest BCUT2D eigenvalue weighted by atomic mass is 16.5. The van der Waals surface area contributed by atoms with Crippen LogP contribution in [0.3, 0.4) is 0 Å². The topological polar surface area (TPSA) is 158 Å². The van der Waals surface area contributed by atoms with Gasteiger partial charge < -0.3 is 24.8 Å². The van der Waals surface area contributed by atoms with E-state index in [0.717, 1.165) is 42.4 Å². The summed E-state index contributed by atoms with van der Waals surface area (Å²) in [6.45, 7) is 3.96. The monoisotopic (exact) mass is 566 g/mol. The van der Waals surface area contributed by atoms with Crippen LogP contribution in [0.4, 0.5) is 5.69 Å². The molecule has 0 radical (unpaired) electrons. The maximum Gasteiger partial charge on any atom is 0.256 e. The predicted molar refractivity (Wildman–Crippen MR) is 156 cm³/mol. The van der Waals surface area contributed by atoms with Gasteiger partial charge in [-0.15, -0.1) is 0 Å². The molecule has 13 nitrogen and oxygen atoms in total. The molecule has 3 N–H and O–H groups in total. The van der Waals surface area contributed by atoms with Crippen LogP contribution >= 0.6 is 0 Å². The smallest absolute Gasteiger partial charge is 0.256 e. The quantitative estimate of drug-likeness (QED) is 0.291. The standard InChI is InChI=1S/C29H30N10O3/c1-38-6-3-17(4-7-38)28(40)33-20-12-18(14-30-16-20)19-13-22-24(36-37-25(22)32-15-19)27-34-23-21(2-5-31-26(23)35-27)29(41)39-8-10-42-11-9-39/h2,5,12-17H,3-4,6-11H2,1H3,(H,33,40)(H,31,34,35)(H,32,36,37). The van der Waals surface area contributed by atoms with Crippen LogP contribution < -0.4 is 5.32 Å². The summed E-state index contributed by atoms with van der Waals surface area (Å²) in [5.41, 5.74) is 4.92. The van der Waals surface area contributed by atoms with E-state index in [-0.39, 0.29) is 17.7 Å². The number of amides is 2. The molecule has 0 spiro atoms. The Hall–Kier alpha value is -4.75. The van der Waals surface area contributed by atoms with E-state index in [2.05, 4.69) is 52.4 Å². The molecule has 2 aliphatic rings. The molecule has 13 heteroatoms. The van der Waals surface area contributed by atoms with Gasteiger partial charge in [0, 0.05) is 48.7 Å². The van der Waals surface area contributed by atoms with Crippen molar-refractivity contribution in [1.82, 2.24) is 44.9 Å². The second-order valence-electron chi connectivity index (χ2n) is 10.8. The number of carbonyl (C=O) groups is 2. The molecular weight excluding hydrogens is 536 g/mol. The van der Waals surface area contributed by atoms with Gasteiger partial charge in [-0.05, 0) is 51.2 Å². The van der Waals surface area contributed by atoms with Gasteiger partial charge in [-0.2, -0.15) is 5.10 Å². The lowest BCUT2D eigenvalue weighted by Crippen LogP contribution is -2.40. The molecule has 214 valence electrons. The highest BCUT2D eigenvalue weighted by Gasteiger charge is 2.25. The van der Waals surface area contributed by atoms with E-state index in [0.29, 0.717) is 65.9 Å². The molecule has 0 saturated carbocycles. The Labute approximate surface area is 240 Å². The van der Waals surface area contributed by atoms with E-state index < -0.39 is 0 Å². The van der Waals surface area contributed by atoms with E-state index >= 15 is 0 Å². The number of pyridine rings is 3. The van der Waals surface area contributed by atoms with Gasteiger partial charge in [0.05, 0.1) is 41.6 Å².